The van der Waals surface area contributed by atoms with Gasteiger partial charge in [0.1, 0.15) is 5.75 Å². The fraction of sp³-hybridized carbons (Fsp3) is 0.250. The summed E-state index contributed by atoms with van der Waals surface area (Å²) in [6.45, 7) is 4.09. The van der Waals surface area contributed by atoms with Crippen LogP contribution < -0.4 is 3.83 Å². The second-order valence-electron chi connectivity index (χ2n) is 2.28. The lowest BCUT2D eigenvalue weighted by Crippen LogP contribution is -1.83. The van der Waals surface area contributed by atoms with E-state index in [9.17, 15) is 0 Å². The SMILES string of the molecule is Cc1cccc(OBr)c1C. The molecule has 54 valence electrons. The quantitative estimate of drug-likeness (QED) is 0.678. The van der Waals surface area contributed by atoms with Crippen molar-refractivity contribution < 1.29 is 3.83 Å². The zero-order chi connectivity index (χ0) is 7.56. The fourth-order valence-electron chi connectivity index (χ4n) is 0.808. The van der Waals surface area contributed by atoms with Crippen LogP contribution in [0.2, 0.25) is 0 Å². The van der Waals surface area contributed by atoms with Crippen LogP contribution in [-0.4, -0.2) is 0 Å². The van der Waals surface area contributed by atoms with Gasteiger partial charge in [0.05, 0.1) is 0 Å². The van der Waals surface area contributed by atoms with Crippen LogP contribution in [0.3, 0.4) is 0 Å². The molecule has 1 nitrogen and oxygen atoms in total. The summed E-state index contributed by atoms with van der Waals surface area (Å²) >= 11 is 2.94. The Labute approximate surface area is 69.5 Å². The van der Waals surface area contributed by atoms with Crippen LogP contribution in [0.1, 0.15) is 11.1 Å². The average Bonchev–Trinajstić information content (AvgIpc) is 1.95. The Morgan fingerprint density at radius 3 is 2.50 bits per heavy atom. The predicted octanol–water partition coefficient (Wildman–Crippen LogP) is 2.99. The van der Waals surface area contributed by atoms with Gasteiger partial charge in [-0.15, -0.1) is 0 Å². The molecular weight excluding hydrogens is 192 g/mol. The summed E-state index contributed by atoms with van der Waals surface area (Å²) in [6, 6.07) is 5.96. The van der Waals surface area contributed by atoms with Crippen molar-refractivity contribution in [3.63, 3.8) is 0 Å². The van der Waals surface area contributed by atoms with E-state index in [1.54, 1.807) is 0 Å². The van der Waals surface area contributed by atoms with Gasteiger partial charge in [0.15, 0.2) is 16.3 Å². The summed E-state index contributed by atoms with van der Waals surface area (Å²) in [5.41, 5.74) is 2.43. The molecule has 0 aliphatic carbocycles. The monoisotopic (exact) mass is 200 g/mol. The molecule has 0 amide bonds. The molecule has 0 spiro atoms. The molecule has 0 aromatic heterocycles. The molecule has 1 aromatic rings. The lowest BCUT2D eigenvalue weighted by Gasteiger charge is -2.03. The summed E-state index contributed by atoms with van der Waals surface area (Å²) in [5.74, 6) is 0.889. The van der Waals surface area contributed by atoms with Gasteiger partial charge in [0.25, 0.3) is 0 Å². The molecule has 0 unspecified atom stereocenters. The molecule has 0 atom stereocenters. The maximum Gasteiger partial charge on any atom is 0.179 e. The first-order chi connectivity index (χ1) is 4.75. The Bertz CT molecular complexity index is 233. The highest BCUT2D eigenvalue weighted by Crippen LogP contribution is 2.21. The van der Waals surface area contributed by atoms with Gasteiger partial charge in [-0.1, -0.05) is 12.1 Å². The summed E-state index contributed by atoms with van der Waals surface area (Å²) in [5, 5.41) is 0. The van der Waals surface area contributed by atoms with Crippen LogP contribution in [0, 0.1) is 13.8 Å². The van der Waals surface area contributed by atoms with E-state index in [1.165, 1.54) is 11.1 Å². The lowest BCUT2D eigenvalue weighted by atomic mass is 10.1. The van der Waals surface area contributed by atoms with Crippen molar-refractivity contribution in [2.75, 3.05) is 0 Å². The average molecular weight is 201 g/mol. The Morgan fingerprint density at radius 1 is 1.30 bits per heavy atom. The van der Waals surface area contributed by atoms with Crippen molar-refractivity contribution in [2.45, 2.75) is 13.8 Å². The number of hydrogen-bond donors (Lipinski definition) is 0. The minimum absolute atomic E-state index is 0.889. The van der Waals surface area contributed by atoms with Crippen LogP contribution in [0.15, 0.2) is 18.2 Å². The molecule has 0 aliphatic rings. The fourth-order valence-corrected chi connectivity index (χ4v) is 1.16. The normalized spacial score (nSPS) is 9.50. The van der Waals surface area contributed by atoms with Gasteiger partial charge in [-0.05, 0) is 31.0 Å². The topological polar surface area (TPSA) is 9.23 Å². The summed E-state index contributed by atoms with van der Waals surface area (Å²) in [7, 11) is 0. The van der Waals surface area contributed by atoms with Crippen molar-refractivity contribution >= 4 is 16.3 Å². The Morgan fingerprint density at radius 2 is 2.00 bits per heavy atom. The van der Waals surface area contributed by atoms with Gasteiger partial charge in [0.2, 0.25) is 0 Å². The van der Waals surface area contributed by atoms with Crippen molar-refractivity contribution in [1.82, 2.24) is 0 Å². The first-order valence-electron chi connectivity index (χ1n) is 3.10. The standard InChI is InChI=1S/C8H9BrO/c1-6-4-3-5-8(10-9)7(6)2/h3-5H,1-2H3. The number of halogens is 1. The van der Waals surface area contributed by atoms with E-state index in [4.69, 9.17) is 3.83 Å². The molecule has 0 radical (unpaired) electrons. The van der Waals surface area contributed by atoms with Gasteiger partial charge >= 0.3 is 0 Å². The van der Waals surface area contributed by atoms with Crippen LogP contribution in [0.25, 0.3) is 0 Å². The molecule has 10 heavy (non-hydrogen) atoms. The third-order valence-corrected chi connectivity index (χ3v) is 1.99. The smallest absolute Gasteiger partial charge is 0.179 e. The molecule has 0 bridgehead atoms. The van der Waals surface area contributed by atoms with Crippen LogP contribution in [0.4, 0.5) is 0 Å². The first-order valence-corrected chi connectivity index (χ1v) is 3.75. The molecule has 0 saturated heterocycles. The Hall–Kier alpha value is -0.500. The van der Waals surface area contributed by atoms with Crippen molar-refractivity contribution in [3.05, 3.63) is 29.3 Å². The third kappa shape index (κ3) is 1.32. The molecule has 0 heterocycles. The van der Waals surface area contributed by atoms with Gasteiger partial charge in [0, 0.05) is 0 Å². The number of rotatable bonds is 1. The molecular formula is C8H9BrO. The highest BCUT2D eigenvalue weighted by atomic mass is 79.9. The minimum Gasteiger partial charge on any atom is -0.418 e. The van der Waals surface area contributed by atoms with Crippen LogP contribution in [0.5, 0.6) is 5.75 Å². The molecule has 0 fully saturated rings. The van der Waals surface area contributed by atoms with Gasteiger partial charge in [-0.3, -0.25) is 0 Å². The van der Waals surface area contributed by atoms with E-state index >= 15 is 0 Å². The van der Waals surface area contributed by atoms with E-state index in [1.807, 2.05) is 19.1 Å². The number of aryl methyl sites for hydroxylation is 1. The van der Waals surface area contributed by atoms with Gasteiger partial charge < -0.3 is 3.83 Å². The van der Waals surface area contributed by atoms with Crippen LogP contribution >= 0.6 is 16.3 Å². The predicted molar refractivity (Wildman–Crippen MR) is 45.5 cm³/mol. The van der Waals surface area contributed by atoms with Crippen molar-refractivity contribution in [3.8, 4) is 5.75 Å². The number of benzene rings is 1. The van der Waals surface area contributed by atoms with E-state index in [-0.39, 0.29) is 0 Å². The molecule has 2 heteroatoms. The molecule has 0 saturated carbocycles. The first kappa shape index (κ1) is 7.61. The summed E-state index contributed by atoms with van der Waals surface area (Å²) in [6.07, 6.45) is 0. The maximum atomic E-state index is 4.94. The summed E-state index contributed by atoms with van der Waals surface area (Å²) in [4.78, 5) is 0. The zero-order valence-electron chi connectivity index (χ0n) is 6.02. The maximum absolute atomic E-state index is 4.94. The largest absolute Gasteiger partial charge is 0.418 e. The summed E-state index contributed by atoms with van der Waals surface area (Å²) < 4.78 is 4.94. The molecule has 1 aromatic carbocycles. The van der Waals surface area contributed by atoms with Crippen LogP contribution in [-0.2, 0) is 0 Å². The van der Waals surface area contributed by atoms with Crippen molar-refractivity contribution in [1.29, 1.82) is 0 Å². The molecule has 0 aliphatic heterocycles. The molecule has 1 rings (SSSR count). The number of hydrogen-bond acceptors (Lipinski definition) is 1. The van der Waals surface area contributed by atoms with E-state index in [2.05, 4.69) is 29.2 Å². The Kier molecular flexibility index (Phi) is 2.33. The van der Waals surface area contributed by atoms with Gasteiger partial charge in [-0.25, -0.2) is 0 Å². The second-order valence-corrected chi connectivity index (χ2v) is 2.60. The second kappa shape index (κ2) is 3.06. The highest BCUT2D eigenvalue weighted by molar-refractivity contribution is 9.06. The minimum atomic E-state index is 0.889. The van der Waals surface area contributed by atoms with Crippen molar-refractivity contribution in [2.24, 2.45) is 0 Å². The highest BCUT2D eigenvalue weighted by Gasteiger charge is 1.98. The molecule has 0 N–H and O–H groups in total. The Balaban J connectivity index is 3.14. The lowest BCUT2D eigenvalue weighted by molar-refractivity contribution is 0.670. The zero-order valence-corrected chi connectivity index (χ0v) is 7.60. The van der Waals surface area contributed by atoms with Gasteiger partial charge in [-0.2, -0.15) is 0 Å². The van der Waals surface area contributed by atoms with E-state index < -0.39 is 0 Å². The third-order valence-electron chi connectivity index (χ3n) is 1.64. The van der Waals surface area contributed by atoms with E-state index in [0.29, 0.717) is 0 Å². The van der Waals surface area contributed by atoms with E-state index in [0.717, 1.165) is 5.75 Å².